The monoisotopic (exact) mass is 438 g/mol. The lowest BCUT2D eigenvalue weighted by molar-refractivity contribution is 0.0977. The van der Waals surface area contributed by atoms with Gasteiger partial charge in [0.1, 0.15) is 0 Å². The molecule has 1 rings (SSSR count). The van der Waals surface area contributed by atoms with Crippen molar-refractivity contribution in [3.8, 4) is 0 Å². The highest BCUT2D eigenvalue weighted by atomic mass is 35.5. The number of amides is 1. The van der Waals surface area contributed by atoms with Gasteiger partial charge in [-0.25, -0.2) is 4.72 Å². The molecule has 9 nitrogen and oxygen atoms in total. The third-order valence-electron chi connectivity index (χ3n) is 2.92. The summed E-state index contributed by atoms with van der Waals surface area (Å²) in [4.78, 5) is 16.1. The minimum Gasteiger partial charge on any atom is -0.369 e. The molecule has 0 aliphatic rings. The Hall–Kier alpha value is -2.04. The van der Waals surface area contributed by atoms with E-state index in [1.165, 1.54) is 24.3 Å². The maximum atomic E-state index is 12.1. The Bertz CT molecular complexity index is 766. The minimum absolute atomic E-state index is 0. The molecule has 0 aromatic heterocycles. The summed E-state index contributed by atoms with van der Waals surface area (Å²) in [5, 5.41) is 5.45. The molecule has 0 unspecified atom stereocenters. The minimum atomic E-state index is -4.19. The second kappa shape index (κ2) is 12.4. The lowest BCUT2D eigenvalue weighted by atomic mass is 10.2. The van der Waals surface area contributed by atoms with Gasteiger partial charge in [0.05, 0.1) is 0 Å². The van der Waals surface area contributed by atoms with E-state index in [0.717, 1.165) is 12.8 Å². The third kappa shape index (κ3) is 10.0. The van der Waals surface area contributed by atoms with E-state index in [9.17, 15) is 13.2 Å². The van der Waals surface area contributed by atoms with Crippen LogP contribution in [0.1, 0.15) is 37.0 Å². The van der Waals surface area contributed by atoms with Gasteiger partial charge in [-0.3, -0.25) is 15.1 Å². The summed E-state index contributed by atoms with van der Waals surface area (Å²) < 4.78 is 29.6. The number of carbonyl (C=O) groups is 1. The number of rotatable bonds is 7. The van der Waals surface area contributed by atoms with Gasteiger partial charge in [-0.1, -0.05) is 24.9 Å². The maximum absolute atomic E-state index is 12.1. The zero-order valence-electron chi connectivity index (χ0n) is 15.0. The van der Waals surface area contributed by atoms with Crippen LogP contribution >= 0.6 is 24.0 Å². The molecule has 0 fully saturated rings. The molecule has 0 aliphatic carbocycles. The maximum Gasteiger partial charge on any atom is 0.347 e. The standard InChI is InChI=1S/C15H23ClN6O3S.ClH/c1-3-5-10-19-15(18-4-2)22-26(24,25)21-14(17)20-13(23)11-6-8-12(16)9-7-11;/h6-9H,3-5,10H2,1-2H3,(H2,18,19,22)(H3,17,20,21,23);1H. The first-order valence-corrected chi connectivity index (χ1v) is 9.82. The SMILES string of the molecule is CCCCN=C(NCC)NS(=O)(=O)N=C(N)NC(=O)c1ccc(Cl)cc1.Cl. The molecule has 1 aromatic carbocycles. The van der Waals surface area contributed by atoms with Gasteiger partial charge in [0.15, 0.2) is 0 Å². The van der Waals surface area contributed by atoms with Gasteiger partial charge in [-0.2, -0.15) is 8.42 Å². The average Bonchev–Trinajstić information content (AvgIpc) is 2.54. The van der Waals surface area contributed by atoms with Crippen molar-refractivity contribution in [2.24, 2.45) is 15.1 Å². The van der Waals surface area contributed by atoms with Gasteiger partial charge in [-0.15, -0.1) is 16.8 Å². The largest absolute Gasteiger partial charge is 0.369 e. The summed E-state index contributed by atoms with van der Waals surface area (Å²) in [5.41, 5.74) is 5.77. The number of halogens is 2. The molecule has 0 spiro atoms. The predicted octanol–water partition coefficient (Wildman–Crippen LogP) is 1.41. The van der Waals surface area contributed by atoms with E-state index in [2.05, 4.69) is 24.7 Å². The molecular formula is C15H24Cl2N6O3S. The van der Waals surface area contributed by atoms with E-state index >= 15 is 0 Å². The molecule has 0 saturated heterocycles. The van der Waals surface area contributed by atoms with Gasteiger partial charge in [0.25, 0.3) is 5.91 Å². The van der Waals surface area contributed by atoms with Crippen LogP contribution < -0.4 is 21.1 Å². The average molecular weight is 439 g/mol. The Labute approximate surface area is 170 Å². The summed E-state index contributed by atoms with van der Waals surface area (Å²) in [7, 11) is -4.19. The lowest BCUT2D eigenvalue weighted by Crippen LogP contribution is -2.43. The van der Waals surface area contributed by atoms with Crippen LogP contribution in [0.4, 0.5) is 0 Å². The van der Waals surface area contributed by atoms with Crippen LogP contribution in [0.2, 0.25) is 5.02 Å². The lowest BCUT2D eigenvalue weighted by Gasteiger charge is -2.10. The summed E-state index contributed by atoms with van der Waals surface area (Å²) in [5.74, 6) is -1.11. The van der Waals surface area contributed by atoms with E-state index < -0.39 is 22.1 Å². The van der Waals surface area contributed by atoms with Crippen molar-refractivity contribution in [3.05, 3.63) is 34.9 Å². The molecular weight excluding hydrogens is 415 g/mol. The van der Waals surface area contributed by atoms with Crippen molar-refractivity contribution < 1.29 is 13.2 Å². The molecule has 0 heterocycles. The number of nitrogens with two attached hydrogens (primary N) is 1. The van der Waals surface area contributed by atoms with E-state index in [4.69, 9.17) is 17.3 Å². The van der Waals surface area contributed by atoms with Gasteiger partial charge < -0.3 is 11.1 Å². The molecule has 0 saturated carbocycles. The van der Waals surface area contributed by atoms with Crippen LogP contribution in [0.15, 0.2) is 33.7 Å². The summed E-state index contributed by atoms with van der Waals surface area (Å²) >= 11 is 5.74. The van der Waals surface area contributed by atoms with E-state index in [1.807, 2.05) is 6.92 Å². The Morgan fingerprint density at radius 3 is 2.41 bits per heavy atom. The second-order valence-electron chi connectivity index (χ2n) is 5.13. The fraction of sp³-hybridized carbons (Fsp3) is 0.400. The van der Waals surface area contributed by atoms with E-state index in [-0.39, 0.29) is 23.9 Å². The molecule has 27 heavy (non-hydrogen) atoms. The predicted molar refractivity (Wildman–Crippen MR) is 111 cm³/mol. The molecule has 12 heteroatoms. The van der Waals surface area contributed by atoms with E-state index in [0.29, 0.717) is 18.1 Å². The quantitative estimate of drug-likeness (QED) is 0.289. The Morgan fingerprint density at radius 1 is 1.22 bits per heavy atom. The number of guanidine groups is 2. The van der Waals surface area contributed by atoms with Crippen molar-refractivity contribution in [2.75, 3.05) is 13.1 Å². The van der Waals surface area contributed by atoms with Crippen molar-refractivity contribution in [1.29, 1.82) is 0 Å². The highest BCUT2D eigenvalue weighted by molar-refractivity contribution is 7.88. The number of nitrogens with one attached hydrogen (secondary N) is 3. The van der Waals surface area contributed by atoms with Gasteiger partial charge >= 0.3 is 10.2 Å². The van der Waals surface area contributed by atoms with Gasteiger partial charge in [0, 0.05) is 23.7 Å². The molecule has 1 aromatic rings. The summed E-state index contributed by atoms with van der Waals surface area (Å²) in [6.45, 7) is 4.74. The van der Waals surface area contributed by atoms with Crippen LogP contribution in [-0.2, 0) is 10.2 Å². The Morgan fingerprint density at radius 2 is 1.85 bits per heavy atom. The van der Waals surface area contributed by atoms with Crippen LogP contribution in [0.5, 0.6) is 0 Å². The number of hydrogen-bond acceptors (Lipinski definition) is 4. The first-order valence-electron chi connectivity index (χ1n) is 8.00. The van der Waals surface area contributed by atoms with Crippen LogP contribution in [0.25, 0.3) is 0 Å². The normalized spacial score (nSPS) is 12.1. The van der Waals surface area contributed by atoms with Crippen LogP contribution in [0.3, 0.4) is 0 Å². The molecule has 152 valence electrons. The Kier molecular flexibility index (Phi) is 11.4. The van der Waals surface area contributed by atoms with Crippen LogP contribution in [-0.4, -0.2) is 39.3 Å². The van der Waals surface area contributed by atoms with Crippen LogP contribution in [0, 0.1) is 0 Å². The Balaban J connectivity index is 0.00000676. The highest BCUT2D eigenvalue weighted by Gasteiger charge is 2.14. The number of unbranched alkanes of at least 4 members (excludes halogenated alkanes) is 1. The number of carbonyl (C=O) groups excluding carboxylic acids is 1. The zero-order chi connectivity index (χ0) is 19.6. The molecule has 0 radical (unpaired) electrons. The summed E-state index contributed by atoms with van der Waals surface area (Å²) in [6.07, 6.45) is 1.75. The fourth-order valence-corrected chi connectivity index (χ4v) is 2.59. The smallest absolute Gasteiger partial charge is 0.347 e. The van der Waals surface area contributed by atoms with Crippen molar-refractivity contribution >= 4 is 52.0 Å². The number of aliphatic imine (C=N–C) groups is 1. The molecule has 0 atom stereocenters. The first-order chi connectivity index (χ1) is 12.3. The van der Waals surface area contributed by atoms with Crippen molar-refractivity contribution in [1.82, 2.24) is 15.4 Å². The molecule has 5 N–H and O–H groups in total. The van der Waals surface area contributed by atoms with Gasteiger partial charge in [-0.05, 0) is 37.6 Å². The number of hydrogen-bond donors (Lipinski definition) is 4. The topological polar surface area (TPSA) is 138 Å². The highest BCUT2D eigenvalue weighted by Crippen LogP contribution is 2.09. The third-order valence-corrected chi connectivity index (χ3v) is 4.06. The van der Waals surface area contributed by atoms with Crippen molar-refractivity contribution in [3.63, 3.8) is 0 Å². The number of benzene rings is 1. The second-order valence-corrected chi connectivity index (χ2v) is 6.90. The van der Waals surface area contributed by atoms with Gasteiger partial charge in [0.2, 0.25) is 11.9 Å². The summed E-state index contributed by atoms with van der Waals surface area (Å²) in [6, 6.07) is 6.00. The van der Waals surface area contributed by atoms with Crippen molar-refractivity contribution in [2.45, 2.75) is 26.7 Å². The first kappa shape index (κ1) is 25.0. The zero-order valence-corrected chi connectivity index (χ0v) is 17.4. The molecule has 0 aliphatic heterocycles. The fourth-order valence-electron chi connectivity index (χ4n) is 1.73. The molecule has 0 bridgehead atoms. The number of nitrogens with zero attached hydrogens (tertiary/aromatic N) is 2. The molecule has 1 amide bonds. The van der Waals surface area contributed by atoms with E-state index in [1.54, 1.807) is 6.92 Å².